The van der Waals surface area contributed by atoms with E-state index >= 15 is 0 Å². The Balaban J connectivity index is 1.79. The summed E-state index contributed by atoms with van der Waals surface area (Å²) >= 11 is 0. The first-order chi connectivity index (χ1) is 12.0. The van der Waals surface area contributed by atoms with Crippen molar-refractivity contribution in [3.63, 3.8) is 0 Å². The van der Waals surface area contributed by atoms with Gasteiger partial charge in [-0.1, -0.05) is 13.3 Å². The molecule has 3 rings (SSSR count). The highest BCUT2D eigenvalue weighted by Gasteiger charge is 2.42. The Labute approximate surface area is 149 Å². The summed E-state index contributed by atoms with van der Waals surface area (Å²) in [6.07, 6.45) is 7.58. The first kappa shape index (κ1) is 17.7. The summed E-state index contributed by atoms with van der Waals surface area (Å²) in [5.41, 5.74) is 6.11. The van der Waals surface area contributed by atoms with E-state index < -0.39 is 5.91 Å². The second-order valence-electron chi connectivity index (χ2n) is 7.43. The molecule has 0 saturated carbocycles. The van der Waals surface area contributed by atoms with E-state index in [1.807, 2.05) is 4.90 Å². The average molecular weight is 344 g/mol. The Morgan fingerprint density at radius 3 is 2.96 bits per heavy atom. The fourth-order valence-electron chi connectivity index (χ4n) is 4.22. The molecule has 25 heavy (non-hydrogen) atoms. The van der Waals surface area contributed by atoms with Crippen LogP contribution in [0.5, 0.6) is 0 Å². The van der Waals surface area contributed by atoms with Crippen molar-refractivity contribution in [2.45, 2.75) is 45.4 Å². The number of amides is 2. The molecule has 6 heteroatoms. The summed E-state index contributed by atoms with van der Waals surface area (Å²) in [5, 5.41) is 0. The maximum atomic E-state index is 12.3. The van der Waals surface area contributed by atoms with Gasteiger partial charge in [-0.2, -0.15) is 0 Å². The monoisotopic (exact) mass is 344 g/mol. The minimum atomic E-state index is -0.439. The summed E-state index contributed by atoms with van der Waals surface area (Å²) in [6.45, 7) is 5.54. The van der Waals surface area contributed by atoms with Gasteiger partial charge in [0.05, 0.1) is 5.56 Å². The maximum absolute atomic E-state index is 12.3. The minimum Gasteiger partial charge on any atom is -0.365 e. The molecule has 0 aromatic carbocycles. The molecule has 2 aliphatic heterocycles. The third kappa shape index (κ3) is 3.78. The van der Waals surface area contributed by atoms with Crippen LogP contribution >= 0.6 is 0 Å². The van der Waals surface area contributed by atoms with Crippen LogP contribution < -0.4 is 10.6 Å². The summed E-state index contributed by atoms with van der Waals surface area (Å²) in [7, 11) is 0. The van der Waals surface area contributed by atoms with Crippen molar-refractivity contribution in [2.24, 2.45) is 11.1 Å². The lowest BCUT2D eigenvalue weighted by Gasteiger charge is -2.48. The van der Waals surface area contributed by atoms with Crippen molar-refractivity contribution in [2.75, 3.05) is 31.1 Å². The highest BCUT2D eigenvalue weighted by atomic mass is 16.2. The Morgan fingerprint density at radius 2 is 2.20 bits per heavy atom. The zero-order chi connectivity index (χ0) is 17.9. The lowest BCUT2D eigenvalue weighted by Crippen LogP contribution is -2.54. The van der Waals surface area contributed by atoms with Gasteiger partial charge in [0, 0.05) is 44.2 Å². The number of primary amides is 1. The zero-order valence-corrected chi connectivity index (χ0v) is 15.0. The van der Waals surface area contributed by atoms with E-state index in [9.17, 15) is 9.59 Å². The van der Waals surface area contributed by atoms with Gasteiger partial charge < -0.3 is 15.5 Å². The van der Waals surface area contributed by atoms with Gasteiger partial charge in [-0.15, -0.1) is 0 Å². The van der Waals surface area contributed by atoms with Gasteiger partial charge >= 0.3 is 0 Å². The molecule has 1 aromatic heterocycles. The number of aromatic nitrogens is 1. The molecule has 0 aliphatic carbocycles. The molecular formula is C19H28N4O2. The van der Waals surface area contributed by atoms with E-state index in [1.54, 1.807) is 18.3 Å². The van der Waals surface area contributed by atoms with Crippen LogP contribution in [0.25, 0.3) is 0 Å². The lowest BCUT2D eigenvalue weighted by atomic mass is 9.73. The van der Waals surface area contributed by atoms with Crippen LogP contribution in [0.15, 0.2) is 18.3 Å². The van der Waals surface area contributed by atoms with Gasteiger partial charge in [0.1, 0.15) is 5.82 Å². The van der Waals surface area contributed by atoms with Crippen molar-refractivity contribution >= 4 is 17.6 Å². The number of nitrogens with two attached hydrogens (primary N) is 1. The van der Waals surface area contributed by atoms with E-state index in [0.717, 1.165) is 58.3 Å². The number of hydrogen-bond donors (Lipinski definition) is 1. The molecular weight excluding hydrogens is 316 g/mol. The van der Waals surface area contributed by atoms with Gasteiger partial charge in [0.2, 0.25) is 5.91 Å². The zero-order valence-electron chi connectivity index (χ0n) is 15.0. The Bertz CT molecular complexity index is 648. The van der Waals surface area contributed by atoms with Gasteiger partial charge in [-0.3, -0.25) is 9.59 Å². The number of likely N-dealkylation sites (tertiary alicyclic amines) is 1. The molecule has 1 spiro atoms. The Morgan fingerprint density at radius 1 is 1.36 bits per heavy atom. The smallest absolute Gasteiger partial charge is 0.252 e. The number of carbonyl (C=O) groups excluding carboxylic acids is 2. The lowest BCUT2D eigenvalue weighted by molar-refractivity contribution is -0.138. The highest BCUT2D eigenvalue weighted by Crippen LogP contribution is 2.40. The number of nitrogens with zero attached hydrogens (tertiary/aromatic N) is 3. The quantitative estimate of drug-likeness (QED) is 0.888. The SMILES string of the molecule is CCCCN1C[C@@]2(CCCN(c3ncccc3C(N)=O)C2)CCC1=O. The molecule has 0 bridgehead atoms. The van der Waals surface area contributed by atoms with Crippen molar-refractivity contribution in [1.29, 1.82) is 0 Å². The number of piperidine rings is 2. The van der Waals surface area contributed by atoms with Gasteiger partial charge in [0.15, 0.2) is 0 Å². The molecule has 0 unspecified atom stereocenters. The van der Waals surface area contributed by atoms with Crippen molar-refractivity contribution < 1.29 is 9.59 Å². The predicted octanol–water partition coefficient (Wildman–Crippen LogP) is 2.19. The second kappa shape index (κ2) is 7.42. The molecule has 1 aromatic rings. The summed E-state index contributed by atoms with van der Waals surface area (Å²) in [4.78, 5) is 32.7. The molecule has 6 nitrogen and oxygen atoms in total. The van der Waals surface area contributed by atoms with Gasteiger partial charge in [-0.05, 0) is 37.8 Å². The van der Waals surface area contributed by atoms with Gasteiger partial charge in [0.25, 0.3) is 5.91 Å². The number of rotatable bonds is 5. The fourth-order valence-corrected chi connectivity index (χ4v) is 4.22. The second-order valence-corrected chi connectivity index (χ2v) is 7.43. The van der Waals surface area contributed by atoms with Crippen LogP contribution in [0.2, 0.25) is 0 Å². The maximum Gasteiger partial charge on any atom is 0.252 e. The summed E-state index contributed by atoms with van der Waals surface area (Å²) in [5.74, 6) is 0.532. The van der Waals surface area contributed by atoms with E-state index in [4.69, 9.17) is 5.73 Å². The largest absolute Gasteiger partial charge is 0.365 e. The number of carbonyl (C=O) groups is 2. The van der Waals surface area contributed by atoms with Crippen LogP contribution in [0.3, 0.4) is 0 Å². The number of pyridine rings is 1. The van der Waals surface area contributed by atoms with Crippen LogP contribution in [0.1, 0.15) is 55.8 Å². The molecule has 0 radical (unpaired) electrons. The first-order valence-corrected chi connectivity index (χ1v) is 9.32. The fraction of sp³-hybridized carbons (Fsp3) is 0.632. The molecule has 2 saturated heterocycles. The third-order valence-corrected chi connectivity index (χ3v) is 5.54. The molecule has 2 amide bonds. The number of unbranched alkanes of at least 4 members (excludes halogenated alkanes) is 1. The van der Waals surface area contributed by atoms with E-state index in [2.05, 4.69) is 16.8 Å². The van der Waals surface area contributed by atoms with Crippen molar-refractivity contribution in [3.05, 3.63) is 23.9 Å². The third-order valence-electron chi connectivity index (χ3n) is 5.54. The van der Waals surface area contributed by atoms with Gasteiger partial charge in [-0.25, -0.2) is 4.98 Å². The molecule has 2 aliphatic rings. The minimum absolute atomic E-state index is 0.104. The number of anilines is 1. The molecule has 2 fully saturated rings. The van der Waals surface area contributed by atoms with E-state index in [-0.39, 0.29) is 11.3 Å². The van der Waals surface area contributed by atoms with Crippen LogP contribution in [-0.4, -0.2) is 47.9 Å². The van der Waals surface area contributed by atoms with E-state index in [0.29, 0.717) is 17.8 Å². The van der Waals surface area contributed by atoms with E-state index in [1.165, 1.54) is 0 Å². The molecule has 136 valence electrons. The Hall–Kier alpha value is -2.11. The number of hydrogen-bond acceptors (Lipinski definition) is 4. The molecule has 1 atom stereocenters. The van der Waals surface area contributed by atoms with Crippen LogP contribution in [0, 0.1) is 5.41 Å². The molecule has 3 heterocycles. The summed E-state index contributed by atoms with van der Waals surface area (Å²) in [6, 6.07) is 3.49. The van der Waals surface area contributed by atoms with Crippen LogP contribution in [-0.2, 0) is 4.79 Å². The summed E-state index contributed by atoms with van der Waals surface area (Å²) < 4.78 is 0. The first-order valence-electron chi connectivity index (χ1n) is 9.32. The Kier molecular flexibility index (Phi) is 5.25. The highest BCUT2D eigenvalue weighted by molar-refractivity contribution is 5.97. The van der Waals surface area contributed by atoms with Crippen LogP contribution in [0.4, 0.5) is 5.82 Å². The molecule has 2 N–H and O–H groups in total. The topological polar surface area (TPSA) is 79.5 Å². The standard InChI is InChI=1S/C19H28N4O2/c1-2-3-11-22-13-19(9-7-16(22)24)8-5-12-23(14-19)18-15(17(20)25)6-4-10-21-18/h4,6,10H,2-3,5,7-9,11-14H2,1H3,(H2,20,25)/t19-/m1/s1. The normalized spacial score (nSPS) is 24.0. The van der Waals surface area contributed by atoms with Crippen molar-refractivity contribution in [3.8, 4) is 0 Å². The predicted molar refractivity (Wildman–Crippen MR) is 97.4 cm³/mol. The van der Waals surface area contributed by atoms with Crippen molar-refractivity contribution in [1.82, 2.24) is 9.88 Å². The average Bonchev–Trinajstić information content (AvgIpc) is 2.63.